The number of amides is 1. The first-order valence-electron chi connectivity index (χ1n) is 6.30. The summed E-state index contributed by atoms with van der Waals surface area (Å²) in [6, 6.07) is 5.69. The van der Waals surface area contributed by atoms with Crippen molar-refractivity contribution in [2.45, 2.75) is 33.2 Å². The lowest BCUT2D eigenvalue weighted by Crippen LogP contribution is -2.39. The van der Waals surface area contributed by atoms with Crippen LogP contribution in [0.4, 0.5) is 0 Å². The molecule has 1 heterocycles. The number of nitrogens with zero attached hydrogens (tertiary/aromatic N) is 2. The molecule has 0 fully saturated rings. The molecule has 0 aliphatic rings. The number of carbonyl (C=O) groups is 1. The Morgan fingerprint density at radius 3 is 2.58 bits per heavy atom. The molecule has 0 bridgehead atoms. The van der Waals surface area contributed by atoms with Crippen molar-refractivity contribution in [1.29, 1.82) is 5.26 Å². The number of nitriles is 1. The van der Waals surface area contributed by atoms with Crippen LogP contribution in [0.15, 0.2) is 18.3 Å². The monoisotopic (exact) mass is 261 g/mol. The second kappa shape index (κ2) is 6.74. The lowest BCUT2D eigenvalue weighted by molar-refractivity contribution is -0.128. The molecule has 1 amide bonds. The third-order valence-corrected chi connectivity index (χ3v) is 3.32. The molecule has 0 saturated carbocycles. The van der Waals surface area contributed by atoms with Gasteiger partial charge in [-0.15, -0.1) is 0 Å². The Kier molecular flexibility index (Phi) is 5.31. The smallest absolute Gasteiger partial charge is 0.240 e. The van der Waals surface area contributed by atoms with E-state index in [1.165, 1.54) is 0 Å². The van der Waals surface area contributed by atoms with E-state index >= 15 is 0 Å². The number of ether oxygens (including phenoxy) is 1. The molecule has 0 saturated heterocycles. The summed E-state index contributed by atoms with van der Waals surface area (Å²) in [7, 11) is 1.55. The summed E-state index contributed by atoms with van der Waals surface area (Å²) in [5, 5.41) is 12.0. The molecule has 0 aromatic carbocycles. The fourth-order valence-electron chi connectivity index (χ4n) is 1.77. The quantitative estimate of drug-likeness (QED) is 0.850. The molecule has 19 heavy (non-hydrogen) atoms. The minimum Gasteiger partial charge on any atom is -0.481 e. The summed E-state index contributed by atoms with van der Waals surface area (Å²) in [5.74, 6) is 0.305. The highest BCUT2D eigenvalue weighted by Gasteiger charge is 2.34. The molecule has 1 aromatic heterocycles. The molecular weight excluding hydrogens is 242 g/mol. The number of rotatable bonds is 6. The largest absolute Gasteiger partial charge is 0.481 e. The van der Waals surface area contributed by atoms with Crippen LogP contribution in [0.25, 0.3) is 0 Å². The Hall–Kier alpha value is -2.09. The maximum atomic E-state index is 12.1. The van der Waals surface area contributed by atoms with E-state index in [1.807, 2.05) is 19.9 Å². The standard InChI is InChI=1S/C14H19N3O2/c1-4-14(5-2,10-15)13(18)17-9-11-6-7-12(19-3)16-8-11/h6-8H,4-5,9H2,1-3H3,(H,17,18). The Balaban J connectivity index is 2.65. The van der Waals surface area contributed by atoms with Crippen molar-refractivity contribution in [2.24, 2.45) is 5.41 Å². The zero-order valence-electron chi connectivity index (χ0n) is 11.6. The van der Waals surface area contributed by atoms with E-state index in [-0.39, 0.29) is 5.91 Å². The Morgan fingerprint density at radius 2 is 2.16 bits per heavy atom. The minimum absolute atomic E-state index is 0.226. The number of hydrogen-bond donors (Lipinski definition) is 1. The van der Waals surface area contributed by atoms with Crippen LogP contribution in [0, 0.1) is 16.7 Å². The molecule has 0 atom stereocenters. The van der Waals surface area contributed by atoms with E-state index in [2.05, 4.69) is 16.4 Å². The maximum absolute atomic E-state index is 12.1. The van der Waals surface area contributed by atoms with Gasteiger partial charge in [0, 0.05) is 18.8 Å². The molecule has 0 unspecified atom stereocenters. The number of aromatic nitrogens is 1. The van der Waals surface area contributed by atoms with Crippen LogP contribution >= 0.6 is 0 Å². The van der Waals surface area contributed by atoms with Crippen LogP contribution in [0.2, 0.25) is 0 Å². The third kappa shape index (κ3) is 3.44. The van der Waals surface area contributed by atoms with Gasteiger partial charge in [0.25, 0.3) is 0 Å². The summed E-state index contributed by atoms with van der Waals surface area (Å²) in [4.78, 5) is 16.1. The summed E-state index contributed by atoms with van der Waals surface area (Å²) in [5.41, 5.74) is -0.0620. The fourth-order valence-corrected chi connectivity index (χ4v) is 1.77. The Bertz CT molecular complexity index is 459. The van der Waals surface area contributed by atoms with Gasteiger partial charge in [0.2, 0.25) is 11.8 Å². The summed E-state index contributed by atoms with van der Waals surface area (Å²) in [6.07, 6.45) is 2.66. The molecule has 0 aliphatic carbocycles. The first-order valence-corrected chi connectivity index (χ1v) is 6.30. The van der Waals surface area contributed by atoms with Crippen LogP contribution < -0.4 is 10.1 Å². The lowest BCUT2D eigenvalue weighted by Gasteiger charge is -2.22. The molecule has 0 radical (unpaired) electrons. The molecule has 1 N–H and O–H groups in total. The Morgan fingerprint density at radius 1 is 1.47 bits per heavy atom. The highest BCUT2D eigenvalue weighted by Crippen LogP contribution is 2.25. The molecule has 5 heteroatoms. The molecule has 0 spiro atoms. The molecule has 1 rings (SSSR count). The zero-order chi connectivity index (χ0) is 14.3. The summed E-state index contributed by atoms with van der Waals surface area (Å²) < 4.78 is 4.96. The van der Waals surface area contributed by atoms with Crippen molar-refractivity contribution < 1.29 is 9.53 Å². The predicted octanol–water partition coefficient (Wildman–Crippen LogP) is 2.04. The zero-order valence-corrected chi connectivity index (χ0v) is 11.6. The van der Waals surface area contributed by atoms with Gasteiger partial charge in [-0.2, -0.15) is 5.26 Å². The topological polar surface area (TPSA) is 75.0 Å². The number of hydrogen-bond acceptors (Lipinski definition) is 4. The Labute approximate surface area is 113 Å². The van der Waals surface area contributed by atoms with Gasteiger partial charge in [0.05, 0.1) is 13.2 Å². The van der Waals surface area contributed by atoms with Gasteiger partial charge in [-0.25, -0.2) is 4.98 Å². The van der Waals surface area contributed by atoms with Gasteiger partial charge >= 0.3 is 0 Å². The van der Waals surface area contributed by atoms with E-state index in [4.69, 9.17) is 4.74 Å². The van der Waals surface area contributed by atoms with Gasteiger partial charge in [-0.05, 0) is 18.4 Å². The van der Waals surface area contributed by atoms with Crippen LogP contribution in [-0.4, -0.2) is 18.0 Å². The van der Waals surface area contributed by atoms with Crippen molar-refractivity contribution in [3.05, 3.63) is 23.9 Å². The van der Waals surface area contributed by atoms with Crippen LogP contribution in [0.5, 0.6) is 5.88 Å². The number of carbonyl (C=O) groups excluding carboxylic acids is 1. The van der Waals surface area contributed by atoms with Gasteiger partial charge in [-0.3, -0.25) is 4.79 Å². The average Bonchev–Trinajstić information content (AvgIpc) is 2.48. The average molecular weight is 261 g/mol. The van der Waals surface area contributed by atoms with Crippen molar-refractivity contribution in [2.75, 3.05) is 7.11 Å². The van der Waals surface area contributed by atoms with E-state index in [0.29, 0.717) is 25.3 Å². The van der Waals surface area contributed by atoms with Crippen LogP contribution in [0.1, 0.15) is 32.3 Å². The first-order chi connectivity index (χ1) is 9.11. The van der Waals surface area contributed by atoms with Crippen molar-refractivity contribution in [3.8, 4) is 11.9 Å². The molecule has 0 aliphatic heterocycles. The van der Waals surface area contributed by atoms with Gasteiger partial charge < -0.3 is 10.1 Å². The highest BCUT2D eigenvalue weighted by atomic mass is 16.5. The van der Waals surface area contributed by atoms with Crippen molar-refractivity contribution in [3.63, 3.8) is 0 Å². The highest BCUT2D eigenvalue weighted by molar-refractivity contribution is 5.85. The third-order valence-electron chi connectivity index (χ3n) is 3.32. The van der Waals surface area contributed by atoms with Crippen molar-refractivity contribution in [1.82, 2.24) is 10.3 Å². The van der Waals surface area contributed by atoms with E-state index in [0.717, 1.165) is 5.56 Å². The normalized spacial score (nSPS) is 10.6. The second-order valence-electron chi connectivity index (χ2n) is 4.29. The fraction of sp³-hybridized carbons (Fsp3) is 0.500. The second-order valence-corrected chi connectivity index (χ2v) is 4.29. The van der Waals surface area contributed by atoms with E-state index < -0.39 is 5.41 Å². The number of nitrogens with one attached hydrogen (secondary N) is 1. The van der Waals surface area contributed by atoms with E-state index in [1.54, 1.807) is 19.4 Å². The van der Waals surface area contributed by atoms with Crippen LogP contribution in [-0.2, 0) is 11.3 Å². The number of methoxy groups -OCH3 is 1. The molecule has 5 nitrogen and oxygen atoms in total. The van der Waals surface area contributed by atoms with Crippen LogP contribution in [0.3, 0.4) is 0 Å². The minimum atomic E-state index is -0.931. The van der Waals surface area contributed by atoms with E-state index in [9.17, 15) is 10.1 Å². The first kappa shape index (κ1) is 15.0. The molecular formula is C14H19N3O2. The lowest BCUT2D eigenvalue weighted by atomic mass is 9.83. The van der Waals surface area contributed by atoms with Gasteiger partial charge in [0.15, 0.2) is 0 Å². The number of pyridine rings is 1. The molecule has 1 aromatic rings. The molecule has 102 valence electrons. The predicted molar refractivity (Wildman–Crippen MR) is 71.3 cm³/mol. The van der Waals surface area contributed by atoms with Crippen molar-refractivity contribution >= 4 is 5.91 Å². The summed E-state index contributed by atoms with van der Waals surface area (Å²) >= 11 is 0. The SMILES string of the molecule is CCC(C#N)(CC)C(=O)NCc1ccc(OC)nc1. The van der Waals surface area contributed by atoms with Gasteiger partial charge in [0.1, 0.15) is 5.41 Å². The van der Waals surface area contributed by atoms with Gasteiger partial charge in [-0.1, -0.05) is 19.9 Å². The summed E-state index contributed by atoms with van der Waals surface area (Å²) in [6.45, 7) is 4.06. The maximum Gasteiger partial charge on any atom is 0.240 e.